The molecule has 1 saturated heterocycles. The number of alkyl halides is 1. The van der Waals surface area contributed by atoms with Crippen molar-refractivity contribution in [2.45, 2.75) is 12.8 Å². The summed E-state index contributed by atoms with van der Waals surface area (Å²) in [5.41, 5.74) is 0.236. The van der Waals surface area contributed by atoms with E-state index < -0.39 is 0 Å². The molecule has 4 heteroatoms. The van der Waals surface area contributed by atoms with Crippen LogP contribution in [0.25, 0.3) is 0 Å². The summed E-state index contributed by atoms with van der Waals surface area (Å²) in [5, 5.41) is 0.979. The highest BCUT2D eigenvalue weighted by Crippen LogP contribution is 2.33. The summed E-state index contributed by atoms with van der Waals surface area (Å²) in [6, 6.07) is 8.19. The van der Waals surface area contributed by atoms with E-state index in [4.69, 9.17) is 9.47 Å². The number of benzene rings is 1. The second-order valence-electron chi connectivity index (χ2n) is 4.49. The largest absolute Gasteiger partial charge is 0.493 e. The van der Waals surface area contributed by atoms with E-state index in [0.29, 0.717) is 0 Å². The Morgan fingerprint density at radius 1 is 1.35 bits per heavy atom. The molecule has 0 radical (unpaired) electrons. The van der Waals surface area contributed by atoms with Crippen LogP contribution in [-0.4, -0.2) is 25.2 Å². The molecule has 0 aromatic heterocycles. The number of hydrogen-bond donors (Lipinski definition) is 0. The van der Waals surface area contributed by atoms with Crippen LogP contribution in [0.3, 0.4) is 0 Å². The maximum atomic E-state index is 5.93. The Morgan fingerprint density at radius 2 is 2.12 bits per heavy atom. The number of ether oxygens (including phenoxy) is 2. The minimum absolute atomic E-state index is 0.236. The summed E-state index contributed by atoms with van der Waals surface area (Å²) in [5.74, 6) is 0.962. The number of halogens is 2. The molecular weight excluding hydrogens is 395 g/mol. The third-order valence-corrected chi connectivity index (χ3v) is 5.04. The van der Waals surface area contributed by atoms with Crippen molar-refractivity contribution in [3.63, 3.8) is 0 Å². The molecule has 0 unspecified atom stereocenters. The predicted molar refractivity (Wildman–Crippen MR) is 80.9 cm³/mol. The Hall–Kier alpha value is 0.190. The van der Waals surface area contributed by atoms with Crippen molar-refractivity contribution >= 4 is 38.5 Å². The van der Waals surface area contributed by atoms with Crippen LogP contribution in [0, 0.1) is 8.99 Å². The van der Waals surface area contributed by atoms with Crippen LogP contribution in [0.15, 0.2) is 24.3 Å². The van der Waals surface area contributed by atoms with Crippen LogP contribution in [-0.2, 0) is 4.74 Å². The van der Waals surface area contributed by atoms with E-state index >= 15 is 0 Å². The van der Waals surface area contributed by atoms with Crippen LogP contribution >= 0.6 is 38.5 Å². The van der Waals surface area contributed by atoms with Crippen molar-refractivity contribution in [3.05, 3.63) is 27.8 Å². The molecule has 1 aliphatic rings. The lowest BCUT2D eigenvalue weighted by Crippen LogP contribution is -2.36. The van der Waals surface area contributed by atoms with Gasteiger partial charge in [-0.15, -0.1) is 0 Å². The standard InChI is InChI=1S/C13H16BrIO2/c14-9-13(4-6-16-7-5-13)10-17-12-3-1-2-11(15)8-12/h1-3,8H,4-7,9-10H2. The zero-order valence-electron chi connectivity index (χ0n) is 9.62. The average Bonchev–Trinajstić information content (AvgIpc) is 2.38. The van der Waals surface area contributed by atoms with Crippen molar-refractivity contribution in [1.29, 1.82) is 0 Å². The minimum Gasteiger partial charge on any atom is -0.493 e. The molecule has 1 aromatic rings. The summed E-state index contributed by atoms with van der Waals surface area (Å²) in [7, 11) is 0. The molecule has 94 valence electrons. The first-order chi connectivity index (χ1) is 8.24. The Labute approximate surface area is 124 Å². The van der Waals surface area contributed by atoms with E-state index in [0.717, 1.165) is 43.7 Å². The molecule has 0 saturated carbocycles. The van der Waals surface area contributed by atoms with Gasteiger partial charge < -0.3 is 9.47 Å². The van der Waals surface area contributed by atoms with E-state index in [-0.39, 0.29) is 5.41 Å². The van der Waals surface area contributed by atoms with Gasteiger partial charge in [-0.3, -0.25) is 0 Å². The maximum Gasteiger partial charge on any atom is 0.120 e. The SMILES string of the molecule is BrCC1(COc2cccc(I)c2)CCOCC1. The Bertz CT molecular complexity index is 364. The molecule has 0 atom stereocenters. The highest BCUT2D eigenvalue weighted by atomic mass is 127. The zero-order chi connectivity index (χ0) is 12.1. The topological polar surface area (TPSA) is 18.5 Å². The quantitative estimate of drug-likeness (QED) is 0.554. The van der Waals surface area contributed by atoms with Crippen molar-refractivity contribution in [2.24, 2.45) is 5.41 Å². The fourth-order valence-electron chi connectivity index (χ4n) is 1.91. The summed E-state index contributed by atoms with van der Waals surface area (Å²) in [6.45, 7) is 2.46. The van der Waals surface area contributed by atoms with Gasteiger partial charge in [0, 0.05) is 27.5 Å². The van der Waals surface area contributed by atoms with Crippen LogP contribution in [0.2, 0.25) is 0 Å². The molecule has 1 fully saturated rings. The lowest BCUT2D eigenvalue weighted by Gasteiger charge is -2.35. The van der Waals surface area contributed by atoms with Gasteiger partial charge in [-0.05, 0) is 53.6 Å². The third-order valence-electron chi connectivity index (χ3n) is 3.18. The van der Waals surface area contributed by atoms with Crippen LogP contribution in [0.1, 0.15) is 12.8 Å². The average molecular weight is 411 g/mol. The van der Waals surface area contributed by atoms with E-state index in [9.17, 15) is 0 Å². The molecule has 0 N–H and O–H groups in total. The molecule has 1 heterocycles. The lowest BCUT2D eigenvalue weighted by atomic mass is 9.83. The molecule has 1 aromatic carbocycles. The summed E-state index contributed by atoms with van der Waals surface area (Å²) >= 11 is 5.92. The first-order valence-corrected chi connectivity index (χ1v) is 7.96. The van der Waals surface area contributed by atoms with Crippen LogP contribution in [0.4, 0.5) is 0 Å². The molecule has 1 aliphatic heterocycles. The second-order valence-corrected chi connectivity index (χ2v) is 6.30. The second kappa shape index (κ2) is 6.38. The van der Waals surface area contributed by atoms with Gasteiger partial charge in [-0.25, -0.2) is 0 Å². The number of hydrogen-bond acceptors (Lipinski definition) is 2. The Balaban J connectivity index is 1.95. The van der Waals surface area contributed by atoms with Gasteiger partial charge in [0.15, 0.2) is 0 Å². The molecule has 0 amide bonds. The Kier molecular flexibility index (Phi) is 5.11. The highest BCUT2D eigenvalue weighted by molar-refractivity contribution is 14.1. The third kappa shape index (κ3) is 3.83. The van der Waals surface area contributed by atoms with Gasteiger partial charge in [-0.2, -0.15) is 0 Å². The van der Waals surface area contributed by atoms with E-state index in [2.05, 4.69) is 50.7 Å². The van der Waals surface area contributed by atoms with Gasteiger partial charge in [0.25, 0.3) is 0 Å². The van der Waals surface area contributed by atoms with Gasteiger partial charge in [0.05, 0.1) is 6.61 Å². The van der Waals surface area contributed by atoms with Crippen LogP contribution < -0.4 is 4.74 Å². The molecular formula is C13H16BrIO2. The lowest BCUT2D eigenvalue weighted by molar-refractivity contribution is 0.00353. The smallest absolute Gasteiger partial charge is 0.120 e. The Morgan fingerprint density at radius 3 is 2.76 bits per heavy atom. The number of rotatable bonds is 4. The van der Waals surface area contributed by atoms with Crippen molar-refractivity contribution < 1.29 is 9.47 Å². The summed E-state index contributed by atoms with van der Waals surface area (Å²) in [6.07, 6.45) is 2.14. The molecule has 0 aliphatic carbocycles. The fourth-order valence-corrected chi connectivity index (χ4v) is 3.15. The fraction of sp³-hybridized carbons (Fsp3) is 0.538. The molecule has 0 bridgehead atoms. The van der Waals surface area contributed by atoms with Crippen LogP contribution in [0.5, 0.6) is 5.75 Å². The van der Waals surface area contributed by atoms with Crippen molar-refractivity contribution in [1.82, 2.24) is 0 Å². The van der Waals surface area contributed by atoms with E-state index in [1.165, 1.54) is 3.57 Å². The normalized spacial score (nSPS) is 18.9. The maximum absolute atomic E-state index is 5.93. The van der Waals surface area contributed by atoms with Crippen molar-refractivity contribution in [3.8, 4) is 5.75 Å². The molecule has 17 heavy (non-hydrogen) atoms. The van der Waals surface area contributed by atoms with Crippen molar-refractivity contribution in [2.75, 3.05) is 25.2 Å². The van der Waals surface area contributed by atoms with Gasteiger partial charge in [-0.1, -0.05) is 22.0 Å². The van der Waals surface area contributed by atoms with Gasteiger partial charge in [0.2, 0.25) is 0 Å². The monoisotopic (exact) mass is 410 g/mol. The zero-order valence-corrected chi connectivity index (χ0v) is 13.4. The van der Waals surface area contributed by atoms with Gasteiger partial charge in [0.1, 0.15) is 5.75 Å². The summed E-state index contributed by atoms with van der Waals surface area (Å²) < 4.78 is 12.6. The first kappa shape index (κ1) is 13.6. The highest BCUT2D eigenvalue weighted by Gasteiger charge is 2.32. The first-order valence-electron chi connectivity index (χ1n) is 5.76. The van der Waals surface area contributed by atoms with E-state index in [1.54, 1.807) is 0 Å². The van der Waals surface area contributed by atoms with E-state index in [1.807, 2.05) is 12.1 Å². The molecule has 2 nitrogen and oxygen atoms in total. The predicted octanol–water partition coefficient (Wildman–Crippen LogP) is 3.86. The summed E-state index contributed by atoms with van der Waals surface area (Å²) in [4.78, 5) is 0. The van der Waals surface area contributed by atoms with Gasteiger partial charge >= 0.3 is 0 Å². The minimum atomic E-state index is 0.236. The molecule has 0 spiro atoms. The molecule has 2 rings (SSSR count).